The summed E-state index contributed by atoms with van der Waals surface area (Å²) in [6.45, 7) is -0.891. The fraction of sp³-hybridized carbons (Fsp3) is 0.208. The second-order valence-electron chi connectivity index (χ2n) is 8.59. The number of alkyl halides is 3. The predicted molar refractivity (Wildman–Crippen MR) is 125 cm³/mol. The van der Waals surface area contributed by atoms with Crippen LogP contribution in [0, 0.1) is 5.82 Å². The van der Waals surface area contributed by atoms with E-state index in [2.05, 4.69) is 30.6 Å². The lowest BCUT2D eigenvalue weighted by Gasteiger charge is -2.28. The lowest BCUT2D eigenvalue weighted by atomic mass is 10.1. The van der Waals surface area contributed by atoms with Crippen molar-refractivity contribution in [2.75, 3.05) is 12.0 Å². The summed E-state index contributed by atoms with van der Waals surface area (Å²) in [5.41, 5.74) is 0.454. The quantitative estimate of drug-likeness (QED) is 0.340. The highest BCUT2D eigenvalue weighted by Crippen LogP contribution is 2.41. The van der Waals surface area contributed by atoms with E-state index in [0.717, 1.165) is 10.8 Å². The van der Waals surface area contributed by atoms with Crippen molar-refractivity contribution < 1.29 is 17.6 Å². The van der Waals surface area contributed by atoms with Crippen molar-refractivity contribution in [3.05, 3.63) is 78.3 Å². The van der Waals surface area contributed by atoms with E-state index >= 15 is 8.78 Å². The average molecular weight is 509 g/mol. The molecule has 0 spiro atoms. The number of aromatic nitrogens is 8. The minimum Gasteiger partial charge on any atom is -0.342 e. The summed E-state index contributed by atoms with van der Waals surface area (Å²) in [5, 5.41) is 14.8. The van der Waals surface area contributed by atoms with E-state index in [9.17, 15) is 8.78 Å². The summed E-state index contributed by atoms with van der Waals surface area (Å²) in [6.07, 6.45) is 4.20. The molecule has 0 radical (unpaired) electrons. The number of benzene rings is 1. The largest absolute Gasteiger partial charge is 0.342 e. The van der Waals surface area contributed by atoms with Gasteiger partial charge in [-0.05, 0) is 6.07 Å². The molecule has 37 heavy (non-hydrogen) atoms. The number of anilines is 2. The summed E-state index contributed by atoms with van der Waals surface area (Å²) >= 11 is 0. The van der Waals surface area contributed by atoms with Crippen LogP contribution < -0.4 is 5.32 Å². The molecule has 4 aromatic heterocycles. The number of nitrogens with one attached hydrogen (secondary N) is 1. The van der Waals surface area contributed by atoms with Gasteiger partial charge < -0.3 is 9.88 Å². The van der Waals surface area contributed by atoms with Gasteiger partial charge in [-0.2, -0.15) is 13.9 Å². The van der Waals surface area contributed by atoms with Crippen molar-refractivity contribution in [3.63, 3.8) is 0 Å². The van der Waals surface area contributed by atoms with Crippen LogP contribution in [-0.2, 0) is 19.5 Å². The van der Waals surface area contributed by atoms with Crippen LogP contribution in [0.25, 0.3) is 22.8 Å². The van der Waals surface area contributed by atoms with Gasteiger partial charge in [-0.25, -0.2) is 18.7 Å². The average Bonchev–Trinajstić information content (AvgIpc) is 3.63. The number of hydrogen-bond donors (Lipinski definition) is 1. The van der Waals surface area contributed by atoms with E-state index < -0.39 is 30.3 Å². The van der Waals surface area contributed by atoms with Crippen molar-refractivity contribution in [2.45, 2.75) is 18.5 Å². The molecule has 1 aromatic carbocycles. The van der Waals surface area contributed by atoms with Crippen LogP contribution in [-0.4, -0.2) is 45.8 Å². The zero-order valence-corrected chi connectivity index (χ0v) is 19.4. The molecule has 1 N–H and O–H groups in total. The third kappa shape index (κ3) is 3.74. The lowest BCUT2D eigenvalue weighted by molar-refractivity contribution is 0.0258. The van der Waals surface area contributed by atoms with E-state index in [1.807, 2.05) is 0 Å². The van der Waals surface area contributed by atoms with Crippen molar-refractivity contribution in [2.24, 2.45) is 7.05 Å². The Morgan fingerprint density at radius 2 is 1.95 bits per heavy atom. The van der Waals surface area contributed by atoms with Gasteiger partial charge in [0.15, 0.2) is 11.6 Å². The molecule has 5 heterocycles. The minimum absolute atomic E-state index is 0.0146. The van der Waals surface area contributed by atoms with E-state index in [1.165, 1.54) is 24.3 Å². The van der Waals surface area contributed by atoms with Gasteiger partial charge in [0.05, 0.1) is 24.1 Å². The van der Waals surface area contributed by atoms with Gasteiger partial charge in [0.1, 0.15) is 18.2 Å². The summed E-state index contributed by atoms with van der Waals surface area (Å²) in [5.74, 6) is -4.03. The highest BCUT2D eigenvalue weighted by molar-refractivity contribution is 5.69. The summed E-state index contributed by atoms with van der Waals surface area (Å²) in [6, 6.07) is 9.48. The van der Waals surface area contributed by atoms with Gasteiger partial charge in [0.2, 0.25) is 11.8 Å². The van der Waals surface area contributed by atoms with Crippen molar-refractivity contribution >= 4 is 11.8 Å². The Balaban J connectivity index is 1.41. The van der Waals surface area contributed by atoms with E-state index in [0.29, 0.717) is 17.1 Å². The number of rotatable bonds is 6. The second-order valence-corrected chi connectivity index (χ2v) is 8.59. The summed E-state index contributed by atoms with van der Waals surface area (Å²) in [4.78, 5) is 8.27. The first-order chi connectivity index (χ1) is 17.9. The van der Waals surface area contributed by atoms with Crippen LogP contribution in [0.2, 0.25) is 0 Å². The Morgan fingerprint density at radius 1 is 1.14 bits per heavy atom. The molecule has 5 aromatic rings. The molecule has 0 unspecified atom stereocenters. The molecule has 6 rings (SSSR count). The number of nitrogens with zero attached hydrogens (tertiary/aromatic N) is 8. The lowest BCUT2D eigenvalue weighted by Crippen LogP contribution is -2.30. The smallest absolute Gasteiger partial charge is 0.332 e. The molecule has 0 bridgehead atoms. The number of aryl methyl sites for hydroxylation is 1. The maximum absolute atomic E-state index is 15.4. The normalized spacial score (nSPS) is 14.9. The number of fused-ring (bicyclic) bond motifs is 3. The highest BCUT2D eigenvalue weighted by atomic mass is 19.3. The van der Waals surface area contributed by atoms with Gasteiger partial charge in [-0.1, -0.05) is 30.3 Å². The second kappa shape index (κ2) is 8.54. The summed E-state index contributed by atoms with van der Waals surface area (Å²) < 4.78 is 64.1. The molecular weight excluding hydrogens is 490 g/mol. The molecule has 0 saturated carbocycles. The monoisotopic (exact) mass is 509 g/mol. The first kappa shape index (κ1) is 22.9. The third-order valence-corrected chi connectivity index (χ3v) is 6.27. The zero-order chi connectivity index (χ0) is 25.7. The van der Waals surface area contributed by atoms with Crippen LogP contribution in [0.3, 0.4) is 0 Å². The molecule has 188 valence electrons. The Hall–Kier alpha value is -4.55. The number of halogens is 4. The van der Waals surface area contributed by atoms with Gasteiger partial charge in [-0.3, -0.25) is 9.25 Å². The van der Waals surface area contributed by atoms with E-state index in [4.69, 9.17) is 0 Å². The Morgan fingerprint density at radius 3 is 2.68 bits per heavy atom. The Kier molecular flexibility index (Phi) is 5.28. The first-order valence-electron chi connectivity index (χ1n) is 11.3. The molecule has 13 heteroatoms. The topological polar surface area (TPSA) is 91.3 Å². The fourth-order valence-electron chi connectivity index (χ4n) is 4.45. The summed E-state index contributed by atoms with van der Waals surface area (Å²) in [7, 11) is 1.72. The van der Waals surface area contributed by atoms with Crippen molar-refractivity contribution in [1.29, 1.82) is 0 Å². The molecule has 0 aliphatic carbocycles. The zero-order valence-electron chi connectivity index (χ0n) is 19.4. The molecule has 0 amide bonds. The van der Waals surface area contributed by atoms with Gasteiger partial charge in [0.25, 0.3) is 0 Å². The van der Waals surface area contributed by atoms with Crippen LogP contribution >= 0.6 is 0 Å². The maximum Gasteiger partial charge on any atom is 0.332 e. The first-order valence-corrected chi connectivity index (χ1v) is 11.3. The molecule has 1 atom stereocenters. The minimum atomic E-state index is -3.50. The van der Waals surface area contributed by atoms with Gasteiger partial charge in [-0.15, -0.1) is 10.2 Å². The predicted octanol–water partition coefficient (Wildman–Crippen LogP) is 4.48. The molecule has 9 nitrogen and oxygen atoms in total. The Labute approximate surface area is 207 Å². The van der Waals surface area contributed by atoms with Crippen LogP contribution in [0.5, 0.6) is 0 Å². The van der Waals surface area contributed by atoms with Crippen LogP contribution in [0.15, 0.2) is 61.1 Å². The van der Waals surface area contributed by atoms with Crippen molar-refractivity contribution in [1.82, 2.24) is 39.1 Å². The van der Waals surface area contributed by atoms with Crippen LogP contribution in [0.4, 0.5) is 29.3 Å². The molecule has 1 aliphatic heterocycles. The Bertz CT molecular complexity index is 1590. The SMILES string of the molecule is Cn1nccc1Nc1ncc(F)c(-c2cc3n(c2)C[C@H](CF)n2c-3nnc2C(F)(F)c2ccccc2)n1. The molecule has 1 aliphatic rings. The standard InChI is InChI=1S/C24H19F4N9/c1-35-19(7-8-30-35)31-23-29-11-17(26)20(32-23)14-9-18-21-33-34-22(24(27,28)15-5-3-2-4-6-15)37(21)16(10-25)13-36(18)12-14/h2-9,11-12,16H,10,13H2,1H3,(H,29,31,32)/t16-/m0/s1. The molecular formula is C24H19F4N9. The highest BCUT2D eigenvalue weighted by Gasteiger charge is 2.43. The maximum atomic E-state index is 15.4. The molecule has 0 fully saturated rings. The van der Waals surface area contributed by atoms with Gasteiger partial charge in [0, 0.05) is 37.0 Å². The van der Waals surface area contributed by atoms with Crippen molar-refractivity contribution in [3.8, 4) is 22.8 Å². The van der Waals surface area contributed by atoms with Crippen LogP contribution in [0.1, 0.15) is 17.4 Å². The third-order valence-electron chi connectivity index (χ3n) is 6.27. The molecule has 0 saturated heterocycles. The van der Waals surface area contributed by atoms with E-state index in [-0.39, 0.29) is 29.6 Å². The van der Waals surface area contributed by atoms with E-state index in [1.54, 1.807) is 46.9 Å². The fourth-order valence-corrected chi connectivity index (χ4v) is 4.45. The van der Waals surface area contributed by atoms with Gasteiger partial charge >= 0.3 is 5.92 Å². The number of hydrogen-bond acceptors (Lipinski definition) is 6.